The fraction of sp³-hybridized carbons (Fsp3) is 0.250. The number of hydrazine groups is 1. The van der Waals surface area contributed by atoms with E-state index in [2.05, 4.69) is 10.9 Å². The summed E-state index contributed by atoms with van der Waals surface area (Å²) in [6, 6.07) is 14.8. The number of carbonyl (C=O) groups excluding carboxylic acids is 2. The van der Waals surface area contributed by atoms with Crippen molar-refractivity contribution < 1.29 is 22.7 Å². The smallest absolute Gasteiger partial charge is 0.281 e. The van der Waals surface area contributed by atoms with Gasteiger partial charge in [0.05, 0.1) is 0 Å². The van der Waals surface area contributed by atoms with Crippen LogP contribution in [0.1, 0.15) is 31.9 Å². The average molecular weight is 500 g/mol. The van der Waals surface area contributed by atoms with Crippen LogP contribution in [-0.4, -0.2) is 37.7 Å². The van der Waals surface area contributed by atoms with Crippen LogP contribution in [0.2, 0.25) is 0 Å². The highest BCUT2D eigenvalue weighted by Crippen LogP contribution is 2.29. The van der Waals surface area contributed by atoms with E-state index in [1.165, 1.54) is 10.4 Å². The number of ether oxygens (including phenoxy) is 1. The third-order valence-corrected chi connectivity index (χ3v) is 8.50. The number of rotatable bonds is 6. The lowest BCUT2D eigenvalue weighted by molar-refractivity contribution is -0.123. The Morgan fingerprint density at radius 1 is 1.06 bits per heavy atom. The maximum absolute atomic E-state index is 13.3. The number of sulfonamides is 1. The van der Waals surface area contributed by atoms with Gasteiger partial charge in [0.15, 0.2) is 6.61 Å². The second-order valence-corrected chi connectivity index (χ2v) is 10.9. The Morgan fingerprint density at radius 3 is 2.62 bits per heavy atom. The molecule has 0 aliphatic carbocycles. The molecule has 2 N–H and O–H groups in total. The number of hydrogen-bond acceptors (Lipinski definition) is 6. The molecule has 2 aromatic carbocycles. The van der Waals surface area contributed by atoms with Crippen LogP contribution in [0.5, 0.6) is 5.75 Å². The molecule has 178 valence electrons. The molecule has 0 atom stereocenters. The quantitative estimate of drug-likeness (QED) is 0.508. The molecule has 34 heavy (non-hydrogen) atoms. The molecular weight excluding hydrogens is 474 g/mol. The van der Waals surface area contributed by atoms with Gasteiger partial charge in [0.1, 0.15) is 15.5 Å². The zero-order valence-electron chi connectivity index (χ0n) is 18.8. The van der Waals surface area contributed by atoms with Gasteiger partial charge in [-0.25, -0.2) is 8.42 Å². The molecule has 10 heteroatoms. The monoisotopic (exact) mass is 499 g/mol. The van der Waals surface area contributed by atoms with Crippen molar-refractivity contribution in [2.24, 2.45) is 0 Å². The minimum absolute atomic E-state index is 0.00889. The van der Waals surface area contributed by atoms with Gasteiger partial charge >= 0.3 is 0 Å². The third-order valence-electron chi connectivity index (χ3n) is 5.57. The molecule has 0 saturated carbocycles. The Morgan fingerprint density at radius 2 is 1.82 bits per heavy atom. The highest BCUT2D eigenvalue weighted by molar-refractivity contribution is 7.89. The van der Waals surface area contributed by atoms with Crippen molar-refractivity contribution in [2.45, 2.75) is 31.7 Å². The van der Waals surface area contributed by atoms with Crippen molar-refractivity contribution in [1.29, 1.82) is 0 Å². The second kappa shape index (κ2) is 9.96. The topological polar surface area (TPSA) is 105 Å². The van der Waals surface area contributed by atoms with E-state index in [1.54, 1.807) is 5.38 Å². The van der Waals surface area contributed by atoms with Crippen molar-refractivity contribution in [3.05, 3.63) is 81.0 Å². The number of benzene rings is 2. The van der Waals surface area contributed by atoms with Crippen molar-refractivity contribution in [2.75, 3.05) is 13.2 Å². The van der Waals surface area contributed by atoms with Gasteiger partial charge in [0, 0.05) is 13.1 Å². The molecule has 0 unspecified atom stereocenters. The molecule has 0 radical (unpaired) electrons. The van der Waals surface area contributed by atoms with Crippen molar-refractivity contribution in [3.63, 3.8) is 0 Å². The van der Waals surface area contributed by atoms with Crippen molar-refractivity contribution >= 4 is 33.2 Å². The maximum Gasteiger partial charge on any atom is 0.281 e. The lowest BCUT2D eigenvalue weighted by Gasteiger charge is -2.28. The number of carbonyl (C=O) groups is 2. The zero-order chi connectivity index (χ0) is 24.3. The lowest BCUT2D eigenvalue weighted by Crippen LogP contribution is -2.44. The first kappa shape index (κ1) is 23.9. The fourth-order valence-corrected chi connectivity index (χ4v) is 6.42. The van der Waals surface area contributed by atoms with Crippen LogP contribution < -0.4 is 15.6 Å². The van der Waals surface area contributed by atoms with Crippen LogP contribution in [-0.2, 0) is 27.8 Å². The summed E-state index contributed by atoms with van der Waals surface area (Å²) >= 11 is 0.999. The maximum atomic E-state index is 13.3. The van der Waals surface area contributed by atoms with Crippen LogP contribution in [0.4, 0.5) is 0 Å². The van der Waals surface area contributed by atoms with Crippen LogP contribution >= 0.6 is 11.3 Å². The predicted molar refractivity (Wildman–Crippen MR) is 129 cm³/mol. The number of aryl methyl sites for hydroxylation is 2. The minimum atomic E-state index is -3.89. The second-order valence-electron chi connectivity index (χ2n) is 8.03. The van der Waals surface area contributed by atoms with Crippen LogP contribution in [0.25, 0.3) is 0 Å². The van der Waals surface area contributed by atoms with Crippen molar-refractivity contribution in [3.8, 4) is 5.75 Å². The molecule has 3 aromatic rings. The van der Waals surface area contributed by atoms with Gasteiger partial charge in [-0.05, 0) is 60.0 Å². The Hall–Kier alpha value is -3.21. The van der Waals surface area contributed by atoms with Gasteiger partial charge in [0.2, 0.25) is 10.0 Å². The highest BCUT2D eigenvalue weighted by atomic mass is 32.2. The first-order valence-electron chi connectivity index (χ1n) is 10.7. The summed E-state index contributed by atoms with van der Waals surface area (Å²) < 4.78 is 33.5. The first-order chi connectivity index (χ1) is 16.3. The summed E-state index contributed by atoms with van der Waals surface area (Å²) in [5.74, 6) is -0.690. The van der Waals surface area contributed by atoms with Crippen molar-refractivity contribution in [1.82, 2.24) is 15.2 Å². The Labute approximate surface area is 202 Å². The van der Waals surface area contributed by atoms with E-state index in [0.717, 1.165) is 33.6 Å². The largest absolute Gasteiger partial charge is 0.483 e. The standard InChI is InChI=1S/C24H25N3O5S2/c1-16-7-8-17(2)20(13-16)32-15-22(28)25-26-24(29)23-21(10-12-33-23)34(30,31)27-11-9-18-5-3-4-6-19(18)14-27/h3-8,10,12-13H,9,11,14-15H2,1-2H3,(H,25,28)(H,26,29). The van der Waals surface area contributed by atoms with Crippen LogP contribution in [0.3, 0.4) is 0 Å². The number of thiophene rings is 1. The van der Waals surface area contributed by atoms with Crippen LogP contribution in [0, 0.1) is 13.8 Å². The molecule has 0 fully saturated rings. The summed E-state index contributed by atoms with van der Waals surface area (Å²) in [6.45, 7) is 4.08. The molecule has 4 rings (SSSR count). The van der Waals surface area contributed by atoms with E-state index in [1.807, 2.05) is 56.3 Å². The number of fused-ring (bicyclic) bond motifs is 1. The lowest BCUT2D eigenvalue weighted by atomic mass is 10.0. The summed E-state index contributed by atoms with van der Waals surface area (Å²) in [6.07, 6.45) is 0.609. The molecule has 8 nitrogen and oxygen atoms in total. The van der Waals surface area contributed by atoms with Gasteiger partial charge in [0.25, 0.3) is 11.8 Å². The van der Waals surface area contributed by atoms with Gasteiger partial charge in [-0.1, -0.05) is 36.4 Å². The number of amides is 2. The van der Waals surface area contributed by atoms with Crippen LogP contribution in [0.15, 0.2) is 58.8 Å². The number of nitrogens with one attached hydrogen (secondary N) is 2. The number of nitrogens with zero attached hydrogens (tertiary/aromatic N) is 1. The normalized spacial score (nSPS) is 13.7. The third kappa shape index (κ3) is 5.14. The van der Waals surface area contributed by atoms with E-state index < -0.39 is 21.8 Å². The SMILES string of the molecule is Cc1ccc(C)c(OCC(=O)NNC(=O)c2sccc2S(=O)(=O)N2CCc3ccccc3C2)c1. The Kier molecular flexibility index (Phi) is 7.01. The van der Waals surface area contributed by atoms with E-state index in [0.29, 0.717) is 18.7 Å². The molecule has 2 heterocycles. The van der Waals surface area contributed by atoms with E-state index in [-0.39, 0.29) is 22.9 Å². The Bertz CT molecular complexity index is 1330. The molecular formula is C24H25N3O5S2. The van der Waals surface area contributed by atoms with Gasteiger partial charge < -0.3 is 4.74 Å². The molecule has 2 amide bonds. The molecule has 1 aromatic heterocycles. The molecule has 0 spiro atoms. The van der Waals surface area contributed by atoms with Gasteiger partial charge in [-0.3, -0.25) is 20.4 Å². The van der Waals surface area contributed by atoms with E-state index in [4.69, 9.17) is 4.74 Å². The molecule has 0 bridgehead atoms. The molecule has 1 aliphatic heterocycles. The zero-order valence-corrected chi connectivity index (χ0v) is 20.5. The summed E-state index contributed by atoms with van der Waals surface area (Å²) in [7, 11) is -3.89. The van der Waals surface area contributed by atoms with Gasteiger partial charge in [-0.15, -0.1) is 11.3 Å². The summed E-state index contributed by atoms with van der Waals surface area (Å²) in [4.78, 5) is 24.8. The minimum Gasteiger partial charge on any atom is -0.483 e. The predicted octanol–water partition coefficient (Wildman–Crippen LogP) is 2.95. The first-order valence-corrected chi connectivity index (χ1v) is 13.0. The number of hydrogen-bond donors (Lipinski definition) is 2. The summed E-state index contributed by atoms with van der Waals surface area (Å²) in [5, 5.41) is 1.55. The Balaban J connectivity index is 1.38. The molecule has 0 saturated heterocycles. The average Bonchev–Trinajstić information content (AvgIpc) is 3.34. The molecule has 1 aliphatic rings. The summed E-state index contributed by atoms with van der Waals surface area (Å²) in [5.41, 5.74) is 8.53. The van der Waals surface area contributed by atoms with E-state index in [9.17, 15) is 18.0 Å². The fourth-order valence-electron chi connectivity index (χ4n) is 3.71. The van der Waals surface area contributed by atoms with E-state index >= 15 is 0 Å². The van der Waals surface area contributed by atoms with Gasteiger partial charge in [-0.2, -0.15) is 4.31 Å². The highest BCUT2D eigenvalue weighted by Gasteiger charge is 2.32.